The fourth-order valence-corrected chi connectivity index (χ4v) is 2.72. The zero-order valence-corrected chi connectivity index (χ0v) is 15.7. The number of nitrogens with two attached hydrogens (primary N) is 1. The van der Waals surface area contributed by atoms with E-state index in [-0.39, 0.29) is 29.3 Å². The van der Waals surface area contributed by atoms with Crippen molar-refractivity contribution in [1.82, 2.24) is 4.98 Å². The maximum absolute atomic E-state index is 12.5. The number of anilines is 2. The van der Waals surface area contributed by atoms with Gasteiger partial charge in [0.2, 0.25) is 5.82 Å². The van der Waals surface area contributed by atoms with E-state index in [1.165, 1.54) is 13.2 Å². The Hall–Kier alpha value is -2.88. The van der Waals surface area contributed by atoms with Crippen LogP contribution in [0.25, 0.3) is 0 Å². The lowest BCUT2D eigenvalue weighted by atomic mass is 10.2. The summed E-state index contributed by atoms with van der Waals surface area (Å²) in [4.78, 5) is 28.2. The van der Waals surface area contributed by atoms with Crippen molar-refractivity contribution in [2.45, 2.75) is 13.5 Å². The Bertz CT molecular complexity index is 830. The Balaban J connectivity index is 2.55. The van der Waals surface area contributed by atoms with Crippen LogP contribution in [0.3, 0.4) is 0 Å². The van der Waals surface area contributed by atoms with Gasteiger partial charge in [0.25, 0.3) is 0 Å². The lowest BCUT2D eigenvalue weighted by molar-refractivity contribution is -0.383. The van der Waals surface area contributed by atoms with E-state index in [9.17, 15) is 14.9 Å². The summed E-state index contributed by atoms with van der Waals surface area (Å²) in [6, 6.07) is 8.34. The molecule has 138 valence electrons. The summed E-state index contributed by atoms with van der Waals surface area (Å²) in [6.45, 7) is 1.78. The fourth-order valence-electron chi connectivity index (χ4n) is 2.31. The number of halogens is 1. The molecule has 2 N–H and O–H groups in total. The summed E-state index contributed by atoms with van der Waals surface area (Å²) in [5, 5.41) is 11.5. The minimum Gasteiger partial charge on any atom is -0.497 e. The highest BCUT2D eigenvalue weighted by Crippen LogP contribution is 2.36. The number of rotatable bonds is 6. The van der Waals surface area contributed by atoms with Crippen LogP contribution >= 0.6 is 15.9 Å². The van der Waals surface area contributed by atoms with E-state index in [2.05, 4.69) is 20.9 Å². The summed E-state index contributed by atoms with van der Waals surface area (Å²) in [5.74, 6) is 0.288. The van der Waals surface area contributed by atoms with Gasteiger partial charge in [0, 0.05) is 6.07 Å². The quantitative estimate of drug-likeness (QED) is 0.427. The van der Waals surface area contributed by atoms with Crippen molar-refractivity contribution >= 4 is 39.2 Å². The van der Waals surface area contributed by atoms with Crippen LogP contribution in [0.4, 0.5) is 22.0 Å². The number of hydrogen-bond donors (Lipinski definition) is 1. The summed E-state index contributed by atoms with van der Waals surface area (Å²) >= 11 is 3.15. The molecule has 0 fully saturated rings. The molecule has 9 nitrogen and oxygen atoms in total. The summed E-state index contributed by atoms with van der Waals surface area (Å²) in [5.41, 5.74) is 5.90. The normalized spacial score (nSPS) is 10.3. The van der Waals surface area contributed by atoms with Crippen molar-refractivity contribution in [3.63, 3.8) is 0 Å². The van der Waals surface area contributed by atoms with Gasteiger partial charge < -0.3 is 15.2 Å². The van der Waals surface area contributed by atoms with Gasteiger partial charge in [-0.3, -0.25) is 15.0 Å². The van der Waals surface area contributed by atoms with E-state index in [0.717, 1.165) is 4.90 Å². The van der Waals surface area contributed by atoms with Crippen molar-refractivity contribution in [1.29, 1.82) is 0 Å². The number of ether oxygens (including phenoxy) is 2. The van der Waals surface area contributed by atoms with Crippen LogP contribution in [0.5, 0.6) is 5.75 Å². The molecule has 0 atom stereocenters. The second-order valence-electron chi connectivity index (χ2n) is 5.09. The predicted molar refractivity (Wildman–Crippen MR) is 99.2 cm³/mol. The second-order valence-corrected chi connectivity index (χ2v) is 5.90. The van der Waals surface area contributed by atoms with Crippen LogP contribution in [0, 0.1) is 10.1 Å². The molecule has 1 heterocycles. The summed E-state index contributed by atoms with van der Waals surface area (Å²) in [6.07, 6.45) is -0.740. The third kappa shape index (κ3) is 4.39. The molecule has 0 spiro atoms. The van der Waals surface area contributed by atoms with Crippen molar-refractivity contribution in [2.24, 2.45) is 0 Å². The number of aromatic nitrogens is 1. The molecule has 0 radical (unpaired) electrons. The van der Waals surface area contributed by atoms with Crippen molar-refractivity contribution in [3.05, 3.63) is 50.6 Å². The van der Waals surface area contributed by atoms with Crippen molar-refractivity contribution in [3.8, 4) is 5.75 Å². The Morgan fingerprint density at radius 1 is 1.42 bits per heavy atom. The predicted octanol–water partition coefficient (Wildman–Crippen LogP) is 3.51. The Labute approximate surface area is 158 Å². The SMILES string of the molecule is CCOC(=O)N(Cc1cccc(OC)c1)c1cc(Br)nc(N)c1[N+](=O)[O-]. The number of hydrogen-bond acceptors (Lipinski definition) is 7. The van der Waals surface area contributed by atoms with Crippen LogP contribution in [0.1, 0.15) is 12.5 Å². The van der Waals surface area contributed by atoms with Crippen molar-refractivity contribution < 1.29 is 19.2 Å². The molecule has 0 bridgehead atoms. The lowest BCUT2D eigenvalue weighted by Gasteiger charge is -2.22. The molecule has 26 heavy (non-hydrogen) atoms. The fraction of sp³-hybridized carbons (Fsp3) is 0.250. The first kappa shape index (κ1) is 19.4. The zero-order valence-electron chi connectivity index (χ0n) is 14.1. The van der Waals surface area contributed by atoms with Gasteiger partial charge in [-0.05, 0) is 40.5 Å². The molecule has 0 aliphatic heterocycles. The molecule has 0 saturated heterocycles. The maximum Gasteiger partial charge on any atom is 0.414 e. The number of amides is 1. The van der Waals surface area contributed by atoms with Gasteiger partial charge in [0.15, 0.2) is 0 Å². The number of carbonyl (C=O) groups is 1. The van der Waals surface area contributed by atoms with E-state index in [1.54, 1.807) is 31.2 Å². The number of methoxy groups -OCH3 is 1. The van der Waals surface area contributed by atoms with Gasteiger partial charge in [-0.2, -0.15) is 0 Å². The third-order valence-corrected chi connectivity index (χ3v) is 3.81. The first-order chi connectivity index (χ1) is 12.4. The number of nitro groups is 1. The van der Waals surface area contributed by atoms with Crippen molar-refractivity contribution in [2.75, 3.05) is 24.4 Å². The molecule has 10 heteroatoms. The largest absolute Gasteiger partial charge is 0.497 e. The van der Waals surface area contributed by atoms with Crippen LogP contribution in [-0.2, 0) is 11.3 Å². The number of nitrogen functional groups attached to an aromatic ring is 1. The Kier molecular flexibility index (Phi) is 6.34. The van der Waals surface area contributed by atoms with Crippen LogP contribution in [-0.4, -0.2) is 29.7 Å². The standard InChI is InChI=1S/C16H17BrN4O5/c1-3-26-16(22)20(9-10-5-4-6-11(7-10)25-2)12-8-13(17)19-15(18)14(12)21(23)24/h4-8H,3,9H2,1-2H3,(H2,18,19). The molecule has 0 saturated carbocycles. The molecule has 1 amide bonds. The average Bonchev–Trinajstić information content (AvgIpc) is 2.58. The summed E-state index contributed by atoms with van der Waals surface area (Å²) < 4.78 is 10.5. The Morgan fingerprint density at radius 2 is 2.15 bits per heavy atom. The number of benzene rings is 1. The molecule has 1 aromatic heterocycles. The molecule has 0 aliphatic rings. The van der Waals surface area contributed by atoms with Gasteiger partial charge >= 0.3 is 11.8 Å². The topological polar surface area (TPSA) is 121 Å². The lowest BCUT2D eigenvalue weighted by Crippen LogP contribution is -2.32. The second kappa shape index (κ2) is 8.48. The molecule has 2 rings (SSSR count). The van der Waals surface area contributed by atoms with Gasteiger partial charge in [0.05, 0.1) is 25.2 Å². The van der Waals surface area contributed by atoms with Gasteiger partial charge in [-0.15, -0.1) is 0 Å². The molecule has 0 aliphatic carbocycles. The minimum absolute atomic E-state index is 0.0179. The van der Waals surface area contributed by atoms with E-state index in [4.69, 9.17) is 15.2 Å². The molecule has 0 unspecified atom stereocenters. The van der Waals surface area contributed by atoms with E-state index >= 15 is 0 Å². The van der Waals surface area contributed by atoms with Gasteiger partial charge in [-0.1, -0.05) is 12.1 Å². The first-order valence-corrected chi connectivity index (χ1v) is 8.34. The summed E-state index contributed by atoms with van der Waals surface area (Å²) in [7, 11) is 1.52. The highest BCUT2D eigenvalue weighted by Gasteiger charge is 2.29. The smallest absolute Gasteiger partial charge is 0.414 e. The van der Waals surface area contributed by atoms with Gasteiger partial charge in [0.1, 0.15) is 16.0 Å². The average molecular weight is 425 g/mol. The molecular formula is C16H17BrN4O5. The molecule has 1 aromatic carbocycles. The van der Waals surface area contributed by atoms with E-state index < -0.39 is 16.7 Å². The minimum atomic E-state index is -0.740. The van der Waals surface area contributed by atoms with Crippen LogP contribution in [0.2, 0.25) is 0 Å². The van der Waals surface area contributed by atoms with Gasteiger partial charge in [-0.25, -0.2) is 9.78 Å². The highest BCUT2D eigenvalue weighted by atomic mass is 79.9. The van der Waals surface area contributed by atoms with Crippen LogP contribution < -0.4 is 15.4 Å². The molecule has 2 aromatic rings. The number of nitrogens with zero attached hydrogens (tertiary/aromatic N) is 3. The highest BCUT2D eigenvalue weighted by molar-refractivity contribution is 9.10. The van der Waals surface area contributed by atoms with E-state index in [1.807, 2.05) is 0 Å². The van der Waals surface area contributed by atoms with Crippen LogP contribution in [0.15, 0.2) is 34.9 Å². The maximum atomic E-state index is 12.5. The number of pyridine rings is 1. The first-order valence-electron chi connectivity index (χ1n) is 7.55. The third-order valence-electron chi connectivity index (χ3n) is 3.40. The number of carbonyl (C=O) groups excluding carboxylic acids is 1. The van der Waals surface area contributed by atoms with E-state index in [0.29, 0.717) is 11.3 Å². The Morgan fingerprint density at radius 3 is 2.77 bits per heavy atom. The molecular weight excluding hydrogens is 408 g/mol. The zero-order chi connectivity index (χ0) is 19.3. The monoisotopic (exact) mass is 424 g/mol.